The summed E-state index contributed by atoms with van der Waals surface area (Å²) in [5, 5.41) is 1.14. The molecule has 2 aliphatic rings. The van der Waals surface area contributed by atoms with E-state index in [-0.39, 0.29) is 5.56 Å². The zero-order valence-corrected chi connectivity index (χ0v) is 17.6. The minimum Gasteiger partial charge on any atom is -0.330 e. The lowest BCUT2D eigenvalue weighted by Gasteiger charge is -2.35. The van der Waals surface area contributed by atoms with E-state index in [2.05, 4.69) is 20.9 Å². The highest BCUT2D eigenvalue weighted by atomic mass is 35.5. The Kier molecular flexibility index (Phi) is 5.52. The maximum absolute atomic E-state index is 13.2. The van der Waals surface area contributed by atoms with Gasteiger partial charge in [-0.05, 0) is 31.5 Å². The van der Waals surface area contributed by atoms with Gasteiger partial charge in [0.25, 0.3) is 5.91 Å². The normalized spacial score (nSPS) is 18.8. The first-order chi connectivity index (χ1) is 14.7. The van der Waals surface area contributed by atoms with Crippen LogP contribution in [-0.2, 0) is 12.6 Å². The molecule has 0 unspecified atom stereocenters. The number of nitrogens with zero attached hydrogens (tertiary/aromatic N) is 4. The first-order valence-corrected chi connectivity index (χ1v) is 10.1. The number of benzene rings is 1. The van der Waals surface area contributed by atoms with Gasteiger partial charge >= 0.3 is 6.18 Å². The number of halogens is 4. The molecule has 1 aromatic carbocycles. The van der Waals surface area contributed by atoms with Crippen molar-refractivity contribution in [2.45, 2.75) is 38.9 Å². The molecule has 1 aromatic heterocycles. The molecule has 0 saturated carbocycles. The van der Waals surface area contributed by atoms with Crippen LogP contribution in [-0.4, -0.2) is 33.4 Å². The van der Waals surface area contributed by atoms with E-state index in [4.69, 9.17) is 11.6 Å². The number of aryl methyl sites for hydroxylation is 1. The number of rotatable bonds is 3. The van der Waals surface area contributed by atoms with Crippen LogP contribution in [0.15, 0.2) is 41.9 Å². The lowest BCUT2D eigenvalue weighted by molar-refractivity contribution is -0.137. The van der Waals surface area contributed by atoms with Crippen LogP contribution < -0.4 is 16.0 Å². The predicted octanol–water partition coefficient (Wildman–Crippen LogP) is 3.69. The van der Waals surface area contributed by atoms with Crippen LogP contribution in [0, 0.1) is 0 Å². The van der Waals surface area contributed by atoms with E-state index >= 15 is 0 Å². The SMILES string of the molecule is CCc1ccnc(N2NNC3=C2CCN(C(=O)c2cccc(C(F)(F)F)c2Cl)[C@@H]3C)n1. The van der Waals surface area contributed by atoms with Crippen molar-refractivity contribution in [3.8, 4) is 0 Å². The van der Waals surface area contributed by atoms with Gasteiger partial charge in [0.1, 0.15) is 0 Å². The fourth-order valence-electron chi connectivity index (χ4n) is 3.75. The lowest BCUT2D eigenvalue weighted by Crippen LogP contribution is -2.46. The van der Waals surface area contributed by atoms with Crippen molar-refractivity contribution >= 4 is 23.5 Å². The summed E-state index contributed by atoms with van der Waals surface area (Å²) in [6, 6.07) is 4.78. The number of alkyl halides is 3. The van der Waals surface area contributed by atoms with Crippen molar-refractivity contribution in [2.75, 3.05) is 11.6 Å². The third-order valence-electron chi connectivity index (χ3n) is 5.42. The van der Waals surface area contributed by atoms with Gasteiger partial charge in [-0.25, -0.2) is 15.0 Å². The molecule has 0 bridgehead atoms. The number of anilines is 1. The molecular weight excluding hydrogens is 433 g/mol. The molecule has 0 spiro atoms. The number of carbonyl (C=O) groups excluding carboxylic acids is 1. The molecule has 0 saturated heterocycles. The largest absolute Gasteiger partial charge is 0.417 e. The van der Waals surface area contributed by atoms with E-state index in [1.54, 1.807) is 18.1 Å². The van der Waals surface area contributed by atoms with Crippen LogP contribution >= 0.6 is 11.6 Å². The number of amides is 1. The standard InChI is InChI=1S/C20H20ClF3N6O/c1-3-12-7-9-25-19(26-12)30-15-8-10-29(11(2)17(15)27-28-30)18(31)13-5-4-6-14(16(13)21)20(22,23)24/h4-7,9,11,27-28H,3,8,10H2,1-2H3/t11-/m1/s1. The van der Waals surface area contributed by atoms with Gasteiger partial charge in [0, 0.05) is 24.9 Å². The maximum Gasteiger partial charge on any atom is 0.417 e. The smallest absolute Gasteiger partial charge is 0.330 e. The first kappa shape index (κ1) is 21.4. The molecule has 0 aliphatic carbocycles. The van der Waals surface area contributed by atoms with Crippen molar-refractivity contribution in [2.24, 2.45) is 0 Å². The van der Waals surface area contributed by atoms with Gasteiger partial charge < -0.3 is 10.3 Å². The Labute approximate surface area is 181 Å². The monoisotopic (exact) mass is 452 g/mol. The Hall–Kier alpha value is -2.85. The molecule has 1 atom stereocenters. The number of hydrogen-bond donors (Lipinski definition) is 2. The highest BCUT2D eigenvalue weighted by Crippen LogP contribution is 2.37. The molecule has 1 amide bonds. The van der Waals surface area contributed by atoms with Gasteiger partial charge in [0.05, 0.1) is 33.6 Å². The van der Waals surface area contributed by atoms with Gasteiger partial charge in [0.2, 0.25) is 5.95 Å². The zero-order chi connectivity index (χ0) is 22.3. The lowest BCUT2D eigenvalue weighted by atomic mass is 10.0. The molecule has 2 aliphatic heterocycles. The summed E-state index contributed by atoms with van der Waals surface area (Å²) in [5.74, 6) is -0.0793. The van der Waals surface area contributed by atoms with E-state index in [9.17, 15) is 18.0 Å². The Morgan fingerprint density at radius 3 is 2.81 bits per heavy atom. The fraction of sp³-hybridized carbons (Fsp3) is 0.350. The van der Waals surface area contributed by atoms with Crippen LogP contribution in [0.4, 0.5) is 19.1 Å². The van der Waals surface area contributed by atoms with Crippen LogP contribution in [0.1, 0.15) is 41.9 Å². The van der Waals surface area contributed by atoms with Crippen molar-refractivity contribution in [3.05, 3.63) is 63.7 Å². The van der Waals surface area contributed by atoms with E-state index in [1.165, 1.54) is 17.0 Å². The van der Waals surface area contributed by atoms with Gasteiger partial charge in [-0.15, -0.1) is 5.53 Å². The molecule has 7 nitrogen and oxygen atoms in total. The van der Waals surface area contributed by atoms with Crippen LogP contribution in [0.3, 0.4) is 0 Å². The molecule has 31 heavy (non-hydrogen) atoms. The minimum absolute atomic E-state index is 0.172. The second-order valence-corrected chi connectivity index (χ2v) is 7.60. The number of carbonyl (C=O) groups is 1. The summed E-state index contributed by atoms with van der Waals surface area (Å²) < 4.78 is 39.6. The average Bonchev–Trinajstić information content (AvgIpc) is 3.18. The van der Waals surface area contributed by atoms with Gasteiger partial charge in [-0.2, -0.15) is 13.2 Å². The van der Waals surface area contributed by atoms with Gasteiger partial charge in [0.15, 0.2) is 0 Å². The Morgan fingerprint density at radius 2 is 2.10 bits per heavy atom. The summed E-state index contributed by atoms with van der Waals surface area (Å²) in [6.07, 6.45) is -1.74. The third kappa shape index (κ3) is 3.81. The van der Waals surface area contributed by atoms with Crippen molar-refractivity contribution in [1.82, 2.24) is 25.8 Å². The Bertz CT molecular complexity index is 1060. The highest BCUT2D eigenvalue weighted by molar-refractivity contribution is 6.34. The van der Waals surface area contributed by atoms with Crippen molar-refractivity contribution in [1.29, 1.82) is 0 Å². The second kappa shape index (κ2) is 8.01. The molecule has 0 fully saturated rings. The molecule has 0 radical (unpaired) electrons. The van der Waals surface area contributed by atoms with E-state index in [0.29, 0.717) is 18.9 Å². The summed E-state index contributed by atoms with van der Waals surface area (Å²) in [6.45, 7) is 4.10. The summed E-state index contributed by atoms with van der Waals surface area (Å²) in [7, 11) is 0. The fourth-order valence-corrected chi connectivity index (χ4v) is 4.07. The molecule has 2 N–H and O–H groups in total. The number of nitrogens with one attached hydrogen (secondary N) is 2. The quantitative estimate of drug-likeness (QED) is 0.740. The molecule has 11 heteroatoms. The van der Waals surface area contributed by atoms with E-state index < -0.39 is 28.7 Å². The average molecular weight is 453 g/mol. The van der Waals surface area contributed by atoms with Crippen LogP contribution in [0.2, 0.25) is 5.02 Å². The predicted molar refractivity (Wildman–Crippen MR) is 109 cm³/mol. The van der Waals surface area contributed by atoms with Crippen LogP contribution in [0.5, 0.6) is 0 Å². The molecule has 2 aromatic rings. The topological polar surface area (TPSA) is 73.4 Å². The number of hydrogen-bond acceptors (Lipinski definition) is 6. The van der Waals surface area contributed by atoms with Crippen LogP contribution in [0.25, 0.3) is 0 Å². The summed E-state index contributed by atoms with van der Waals surface area (Å²) >= 11 is 5.97. The van der Waals surface area contributed by atoms with E-state index in [0.717, 1.165) is 29.6 Å². The van der Waals surface area contributed by atoms with Crippen molar-refractivity contribution < 1.29 is 18.0 Å². The Morgan fingerprint density at radius 1 is 1.32 bits per heavy atom. The summed E-state index contributed by atoms with van der Waals surface area (Å²) in [5.41, 5.74) is 7.36. The zero-order valence-electron chi connectivity index (χ0n) is 16.8. The third-order valence-corrected chi connectivity index (χ3v) is 5.82. The summed E-state index contributed by atoms with van der Waals surface area (Å²) in [4.78, 5) is 23.4. The molecular formula is C20H20ClF3N6O. The Balaban J connectivity index is 1.61. The number of aromatic nitrogens is 2. The van der Waals surface area contributed by atoms with Gasteiger partial charge in [-0.3, -0.25) is 4.79 Å². The highest BCUT2D eigenvalue weighted by Gasteiger charge is 2.39. The number of hydrazine groups is 2. The first-order valence-electron chi connectivity index (χ1n) is 9.75. The molecule has 164 valence electrons. The minimum atomic E-state index is -4.64. The van der Waals surface area contributed by atoms with E-state index in [1.807, 2.05) is 13.0 Å². The maximum atomic E-state index is 13.2. The molecule has 4 rings (SSSR count). The molecule has 3 heterocycles. The second-order valence-electron chi connectivity index (χ2n) is 7.22. The van der Waals surface area contributed by atoms with Gasteiger partial charge in [-0.1, -0.05) is 24.6 Å². The van der Waals surface area contributed by atoms with Crippen molar-refractivity contribution in [3.63, 3.8) is 0 Å².